The fourth-order valence-corrected chi connectivity index (χ4v) is 4.79. The number of hydrogen-bond donors (Lipinski definition) is 1. The molecule has 28 heavy (non-hydrogen) atoms. The zero-order valence-electron chi connectivity index (χ0n) is 16.0. The fraction of sp³-hybridized carbons (Fsp3) is 0.273. The molecule has 0 amide bonds. The minimum Gasteiger partial charge on any atom is -0.414 e. The number of benzene rings is 1. The van der Waals surface area contributed by atoms with E-state index in [-0.39, 0.29) is 12.1 Å². The number of hydrogen-bond acceptors (Lipinski definition) is 5. The normalized spacial score (nSPS) is 13.5. The van der Waals surface area contributed by atoms with Crippen LogP contribution in [0.15, 0.2) is 63.7 Å². The first-order chi connectivity index (χ1) is 13.7. The maximum absolute atomic E-state index is 5.96. The van der Waals surface area contributed by atoms with E-state index in [2.05, 4.69) is 71.1 Å². The van der Waals surface area contributed by atoms with Gasteiger partial charge in [-0.15, -0.1) is 32.9 Å². The lowest BCUT2D eigenvalue weighted by Crippen LogP contribution is -2.85. The average Bonchev–Trinajstić information content (AvgIpc) is 3.49. The third kappa shape index (κ3) is 4.24. The smallest absolute Gasteiger partial charge is 0.274 e. The Labute approximate surface area is 173 Å². The Hall–Kier alpha value is -2.28. The van der Waals surface area contributed by atoms with Crippen LogP contribution in [-0.4, -0.2) is 10.2 Å². The van der Waals surface area contributed by atoms with Gasteiger partial charge in [0.05, 0.1) is 9.75 Å². The zero-order chi connectivity index (χ0) is 19.3. The quantitative estimate of drug-likeness (QED) is 0.433. The number of aromatic nitrogens is 2. The average molecular weight is 411 g/mol. The summed E-state index contributed by atoms with van der Waals surface area (Å²) >= 11 is 3.39. The number of aryl methyl sites for hydroxylation is 1. The highest BCUT2D eigenvalue weighted by Gasteiger charge is 2.26. The van der Waals surface area contributed by atoms with Crippen molar-refractivity contribution in [3.8, 4) is 10.8 Å². The summed E-state index contributed by atoms with van der Waals surface area (Å²) in [5.74, 6) is 1.26. The monoisotopic (exact) mass is 410 g/mol. The molecule has 1 aromatic carbocycles. The predicted molar refractivity (Wildman–Crippen MR) is 115 cm³/mol. The van der Waals surface area contributed by atoms with Crippen LogP contribution in [0.25, 0.3) is 10.8 Å². The molecule has 0 aliphatic rings. The van der Waals surface area contributed by atoms with E-state index in [9.17, 15) is 0 Å². The van der Waals surface area contributed by atoms with Crippen LogP contribution in [0.4, 0.5) is 0 Å². The minimum atomic E-state index is 0.0589. The van der Waals surface area contributed by atoms with Crippen LogP contribution >= 0.6 is 22.7 Å². The van der Waals surface area contributed by atoms with Gasteiger partial charge in [0.1, 0.15) is 6.04 Å². The van der Waals surface area contributed by atoms with E-state index < -0.39 is 0 Å². The van der Waals surface area contributed by atoms with Gasteiger partial charge in [-0.2, -0.15) is 0 Å². The summed E-state index contributed by atoms with van der Waals surface area (Å²) < 4.78 is 5.96. The number of thiophene rings is 2. The van der Waals surface area contributed by atoms with Crippen LogP contribution in [0.5, 0.6) is 0 Å². The molecule has 6 heteroatoms. The van der Waals surface area contributed by atoms with Gasteiger partial charge in [-0.3, -0.25) is 0 Å². The van der Waals surface area contributed by atoms with Crippen molar-refractivity contribution in [1.82, 2.24) is 10.2 Å². The van der Waals surface area contributed by atoms with Gasteiger partial charge in [0.25, 0.3) is 11.8 Å². The Morgan fingerprint density at radius 2 is 1.79 bits per heavy atom. The maximum atomic E-state index is 5.96. The van der Waals surface area contributed by atoms with Crippen molar-refractivity contribution in [2.75, 3.05) is 0 Å². The molecule has 0 radical (unpaired) electrons. The first-order valence-corrected chi connectivity index (χ1v) is 11.3. The molecule has 0 fully saturated rings. The molecule has 0 unspecified atom stereocenters. The molecule has 0 spiro atoms. The Morgan fingerprint density at radius 3 is 2.46 bits per heavy atom. The lowest BCUT2D eigenvalue weighted by Gasteiger charge is -2.18. The van der Waals surface area contributed by atoms with Crippen LogP contribution in [0.1, 0.15) is 54.2 Å². The van der Waals surface area contributed by atoms with E-state index in [1.54, 1.807) is 22.7 Å². The molecule has 4 aromatic rings. The molecule has 3 aromatic heterocycles. The number of nitrogens with zero attached hydrogens (tertiary/aromatic N) is 2. The second-order valence-corrected chi connectivity index (χ2v) is 8.82. The SMILES string of the molecule is CCCc1ccc([C@@H]([NH2+][C@H](C)c2nnc(-c3cccs3)o2)c2cccs2)cc1. The summed E-state index contributed by atoms with van der Waals surface area (Å²) in [6.07, 6.45) is 2.29. The molecule has 4 nitrogen and oxygen atoms in total. The molecule has 0 saturated carbocycles. The van der Waals surface area contributed by atoms with Gasteiger partial charge in [-0.25, -0.2) is 0 Å². The third-order valence-electron chi connectivity index (χ3n) is 4.77. The summed E-state index contributed by atoms with van der Waals surface area (Å²) in [5.41, 5.74) is 2.69. The van der Waals surface area contributed by atoms with E-state index in [4.69, 9.17) is 4.42 Å². The van der Waals surface area contributed by atoms with Crippen LogP contribution < -0.4 is 5.32 Å². The van der Waals surface area contributed by atoms with E-state index in [0.29, 0.717) is 11.8 Å². The lowest BCUT2D eigenvalue weighted by molar-refractivity contribution is -0.725. The molecule has 3 heterocycles. The molecule has 0 aliphatic heterocycles. The standard InChI is InChI=1S/C22H23N3OS2/c1-3-6-16-9-11-17(12-10-16)20(18-7-4-13-27-18)23-15(2)21-24-25-22(26-21)19-8-5-14-28-19/h4-5,7-15,20,23H,3,6H2,1-2H3/p+1/t15-,20-/m1/s1. The van der Waals surface area contributed by atoms with E-state index in [0.717, 1.165) is 11.3 Å². The second-order valence-electron chi connectivity index (χ2n) is 6.89. The van der Waals surface area contributed by atoms with Crippen molar-refractivity contribution in [3.63, 3.8) is 0 Å². The van der Waals surface area contributed by atoms with Crippen molar-refractivity contribution < 1.29 is 9.73 Å². The Morgan fingerprint density at radius 1 is 1.00 bits per heavy atom. The predicted octanol–water partition coefficient (Wildman–Crippen LogP) is 5.23. The molecular formula is C22H24N3OS2+. The largest absolute Gasteiger partial charge is 0.414 e. The summed E-state index contributed by atoms with van der Waals surface area (Å²) in [6, 6.07) is 17.6. The molecule has 0 bridgehead atoms. The van der Waals surface area contributed by atoms with Gasteiger partial charge >= 0.3 is 0 Å². The summed E-state index contributed by atoms with van der Waals surface area (Å²) in [5, 5.41) is 15.0. The molecule has 0 aliphatic carbocycles. The Bertz CT molecular complexity index is 975. The van der Waals surface area contributed by atoms with Gasteiger partial charge in [0.15, 0.2) is 6.04 Å². The maximum Gasteiger partial charge on any atom is 0.274 e. The van der Waals surface area contributed by atoms with Gasteiger partial charge < -0.3 is 9.73 Å². The lowest BCUT2D eigenvalue weighted by atomic mass is 10.0. The fourth-order valence-electron chi connectivity index (χ4n) is 3.31. The Kier molecular flexibility index (Phi) is 6.00. The van der Waals surface area contributed by atoms with Gasteiger partial charge in [0, 0.05) is 5.56 Å². The molecular weight excluding hydrogens is 386 g/mol. The van der Waals surface area contributed by atoms with E-state index in [1.807, 2.05) is 17.5 Å². The molecule has 0 saturated heterocycles. The highest BCUT2D eigenvalue weighted by atomic mass is 32.1. The highest BCUT2D eigenvalue weighted by Crippen LogP contribution is 2.26. The second kappa shape index (κ2) is 8.82. The Balaban J connectivity index is 1.56. The van der Waals surface area contributed by atoms with E-state index >= 15 is 0 Å². The van der Waals surface area contributed by atoms with Gasteiger partial charge in [0.2, 0.25) is 0 Å². The molecule has 144 valence electrons. The number of rotatable bonds is 8. The van der Waals surface area contributed by atoms with Crippen molar-refractivity contribution in [1.29, 1.82) is 0 Å². The minimum absolute atomic E-state index is 0.0589. The van der Waals surface area contributed by atoms with Crippen LogP contribution in [-0.2, 0) is 6.42 Å². The summed E-state index contributed by atoms with van der Waals surface area (Å²) in [6.45, 7) is 4.34. The molecule has 4 rings (SSSR count). The summed E-state index contributed by atoms with van der Waals surface area (Å²) in [4.78, 5) is 2.33. The van der Waals surface area contributed by atoms with Gasteiger partial charge in [-0.05, 0) is 41.8 Å². The van der Waals surface area contributed by atoms with Crippen molar-refractivity contribution in [2.24, 2.45) is 0 Å². The summed E-state index contributed by atoms with van der Waals surface area (Å²) in [7, 11) is 0. The van der Waals surface area contributed by atoms with E-state index in [1.165, 1.54) is 22.4 Å². The van der Waals surface area contributed by atoms with Gasteiger partial charge in [-0.1, -0.05) is 49.7 Å². The highest BCUT2D eigenvalue weighted by molar-refractivity contribution is 7.13. The first kappa shape index (κ1) is 19.1. The van der Waals surface area contributed by atoms with Crippen LogP contribution in [0.3, 0.4) is 0 Å². The topological polar surface area (TPSA) is 55.5 Å². The number of nitrogens with two attached hydrogens (primary N) is 1. The van der Waals surface area contributed by atoms with Crippen molar-refractivity contribution in [2.45, 2.75) is 38.8 Å². The first-order valence-electron chi connectivity index (χ1n) is 9.59. The van der Waals surface area contributed by atoms with Crippen LogP contribution in [0, 0.1) is 0 Å². The number of quaternary nitrogens is 1. The van der Waals surface area contributed by atoms with Crippen molar-refractivity contribution >= 4 is 22.7 Å². The third-order valence-corrected chi connectivity index (χ3v) is 6.58. The van der Waals surface area contributed by atoms with Crippen molar-refractivity contribution in [3.05, 3.63) is 81.2 Å². The zero-order valence-corrected chi connectivity index (χ0v) is 17.7. The van der Waals surface area contributed by atoms with Crippen LogP contribution in [0.2, 0.25) is 0 Å². The molecule has 2 atom stereocenters. The molecule has 2 N–H and O–H groups in total.